The molecule has 0 aliphatic carbocycles. The number of carbonyl (C=O) groups excluding carboxylic acids is 2. The van der Waals surface area contributed by atoms with Crippen molar-refractivity contribution in [3.8, 4) is 11.5 Å². The molecule has 2 amide bonds. The van der Waals surface area contributed by atoms with E-state index in [1.54, 1.807) is 24.3 Å². The van der Waals surface area contributed by atoms with Crippen LogP contribution in [0.1, 0.15) is 17.2 Å². The molecule has 2 aromatic rings. The lowest BCUT2D eigenvalue weighted by Crippen LogP contribution is -2.51. The van der Waals surface area contributed by atoms with Crippen LogP contribution in [0.25, 0.3) is 0 Å². The van der Waals surface area contributed by atoms with Crippen LogP contribution in [0.5, 0.6) is 11.5 Å². The van der Waals surface area contributed by atoms with Crippen molar-refractivity contribution < 1.29 is 23.8 Å². The van der Waals surface area contributed by atoms with Crippen LogP contribution in [0.15, 0.2) is 73.5 Å². The number of amides is 2. The van der Waals surface area contributed by atoms with Crippen LogP contribution in [0, 0.1) is 5.92 Å². The molecule has 156 valence electrons. The first-order valence-electron chi connectivity index (χ1n) is 9.42. The average Bonchev–Trinajstić information content (AvgIpc) is 2.76. The quantitative estimate of drug-likeness (QED) is 0.516. The van der Waals surface area contributed by atoms with Gasteiger partial charge in [-0.25, -0.2) is 4.79 Å². The monoisotopic (exact) mass is 408 g/mol. The van der Waals surface area contributed by atoms with E-state index >= 15 is 0 Å². The Morgan fingerprint density at radius 2 is 1.93 bits per heavy atom. The smallest absolute Gasteiger partial charge is 0.319 e. The van der Waals surface area contributed by atoms with E-state index in [4.69, 9.17) is 14.2 Å². The summed E-state index contributed by atoms with van der Waals surface area (Å²) in [6, 6.07) is 13.5. The van der Waals surface area contributed by atoms with Crippen molar-refractivity contribution in [3.05, 3.63) is 84.6 Å². The molecule has 2 atom stereocenters. The number of rotatable bonds is 8. The van der Waals surface area contributed by atoms with Crippen molar-refractivity contribution >= 4 is 12.0 Å². The predicted octanol–water partition coefficient (Wildman–Crippen LogP) is 3.49. The van der Waals surface area contributed by atoms with Crippen molar-refractivity contribution in [1.29, 1.82) is 0 Å². The van der Waals surface area contributed by atoms with Gasteiger partial charge in [-0.1, -0.05) is 55.6 Å². The molecule has 0 bridgehead atoms. The van der Waals surface area contributed by atoms with Gasteiger partial charge in [0.25, 0.3) is 0 Å². The maximum atomic E-state index is 12.9. The zero-order chi connectivity index (χ0) is 21.5. The van der Waals surface area contributed by atoms with Crippen molar-refractivity contribution in [2.75, 3.05) is 13.7 Å². The van der Waals surface area contributed by atoms with Gasteiger partial charge in [-0.15, -0.1) is 0 Å². The fourth-order valence-electron chi connectivity index (χ4n) is 3.20. The van der Waals surface area contributed by atoms with Crippen LogP contribution in [0.3, 0.4) is 0 Å². The maximum absolute atomic E-state index is 12.9. The van der Waals surface area contributed by atoms with Crippen molar-refractivity contribution in [2.24, 2.45) is 5.92 Å². The van der Waals surface area contributed by atoms with Crippen molar-refractivity contribution in [1.82, 2.24) is 10.6 Å². The minimum atomic E-state index is -0.809. The van der Waals surface area contributed by atoms with Crippen molar-refractivity contribution in [3.63, 3.8) is 0 Å². The molecule has 0 saturated carbocycles. The van der Waals surface area contributed by atoms with E-state index in [2.05, 4.69) is 23.8 Å². The Hall–Kier alpha value is -3.74. The standard InChI is InChI=1S/C23H24N2O5/c1-4-12-29-18-11-10-17(13-19(18)28-3)21-20(15(2)24-23(27)25-21)22(26)30-14-16-8-6-5-7-9-16/h4-11,13,20-21H,1-2,12,14H2,3H3,(H2,24,25,27)/t20-,21-/m1/s1. The Labute approximate surface area is 175 Å². The van der Waals surface area contributed by atoms with Gasteiger partial charge in [-0.2, -0.15) is 0 Å². The average molecular weight is 408 g/mol. The van der Waals surface area contributed by atoms with Crippen LogP contribution < -0.4 is 20.1 Å². The summed E-state index contributed by atoms with van der Waals surface area (Å²) < 4.78 is 16.5. The van der Waals surface area contributed by atoms with Gasteiger partial charge in [0.1, 0.15) is 19.1 Å². The normalized spacial score (nSPS) is 18.0. The molecule has 1 saturated heterocycles. The molecule has 0 radical (unpaired) electrons. The summed E-state index contributed by atoms with van der Waals surface area (Å²) in [7, 11) is 1.52. The molecule has 1 fully saturated rings. The van der Waals surface area contributed by atoms with E-state index in [9.17, 15) is 9.59 Å². The summed E-state index contributed by atoms with van der Waals surface area (Å²) in [4.78, 5) is 25.0. The second-order valence-corrected chi connectivity index (χ2v) is 6.68. The number of nitrogens with one attached hydrogen (secondary N) is 2. The number of ether oxygens (including phenoxy) is 3. The molecule has 7 nitrogen and oxygen atoms in total. The van der Waals surface area contributed by atoms with Gasteiger partial charge in [0.05, 0.1) is 13.2 Å². The van der Waals surface area contributed by atoms with Gasteiger partial charge in [-0.3, -0.25) is 4.79 Å². The summed E-state index contributed by atoms with van der Waals surface area (Å²) in [5, 5.41) is 5.35. The second-order valence-electron chi connectivity index (χ2n) is 6.68. The predicted molar refractivity (Wildman–Crippen MR) is 112 cm³/mol. The first-order chi connectivity index (χ1) is 14.5. The van der Waals surface area contributed by atoms with Crippen LogP contribution in [-0.4, -0.2) is 25.7 Å². The van der Waals surface area contributed by atoms with Crippen LogP contribution >= 0.6 is 0 Å². The highest BCUT2D eigenvalue weighted by molar-refractivity contribution is 5.85. The summed E-state index contributed by atoms with van der Waals surface area (Å²) in [5.74, 6) is -0.295. The highest BCUT2D eigenvalue weighted by Gasteiger charge is 2.39. The number of carbonyl (C=O) groups is 2. The van der Waals surface area contributed by atoms with Gasteiger partial charge in [-0.05, 0) is 23.3 Å². The van der Waals surface area contributed by atoms with Gasteiger partial charge in [0.2, 0.25) is 0 Å². The molecule has 0 unspecified atom stereocenters. The molecule has 1 aliphatic rings. The summed E-state index contributed by atoms with van der Waals surface area (Å²) in [6.45, 7) is 7.94. The molecule has 0 spiro atoms. The number of methoxy groups -OCH3 is 1. The zero-order valence-electron chi connectivity index (χ0n) is 16.7. The molecule has 1 aliphatic heterocycles. The topological polar surface area (TPSA) is 85.9 Å². The Bertz CT molecular complexity index is 942. The third-order valence-electron chi connectivity index (χ3n) is 4.65. The largest absolute Gasteiger partial charge is 0.493 e. The Morgan fingerprint density at radius 1 is 1.17 bits per heavy atom. The lowest BCUT2D eigenvalue weighted by Gasteiger charge is -2.33. The molecule has 3 rings (SSSR count). The maximum Gasteiger partial charge on any atom is 0.319 e. The fraction of sp³-hybridized carbons (Fsp3) is 0.217. The summed E-state index contributed by atoms with van der Waals surface area (Å²) in [6.07, 6.45) is 1.63. The van der Waals surface area contributed by atoms with E-state index in [1.807, 2.05) is 30.3 Å². The van der Waals surface area contributed by atoms with Crippen LogP contribution in [0.2, 0.25) is 0 Å². The lowest BCUT2D eigenvalue weighted by atomic mass is 9.89. The van der Waals surface area contributed by atoms with Gasteiger partial charge < -0.3 is 24.8 Å². The molecule has 2 aromatic carbocycles. The number of hydrogen-bond acceptors (Lipinski definition) is 5. The lowest BCUT2D eigenvalue weighted by molar-refractivity contribution is -0.149. The van der Waals surface area contributed by atoms with E-state index in [0.29, 0.717) is 23.7 Å². The van der Waals surface area contributed by atoms with Gasteiger partial charge in [0, 0.05) is 5.70 Å². The second kappa shape index (κ2) is 9.65. The minimum absolute atomic E-state index is 0.127. The molecular formula is C23H24N2O5. The molecule has 30 heavy (non-hydrogen) atoms. The fourth-order valence-corrected chi connectivity index (χ4v) is 3.20. The SMILES string of the molecule is C=CCOc1ccc([C@H]2NC(=O)NC(=C)[C@H]2C(=O)OCc2ccccc2)cc1OC. The number of benzene rings is 2. The first kappa shape index (κ1) is 21.0. The highest BCUT2D eigenvalue weighted by Crippen LogP contribution is 2.36. The molecule has 2 N–H and O–H groups in total. The Morgan fingerprint density at radius 3 is 2.63 bits per heavy atom. The molecular weight excluding hydrogens is 384 g/mol. The zero-order valence-corrected chi connectivity index (χ0v) is 16.7. The molecule has 7 heteroatoms. The van der Waals surface area contributed by atoms with Gasteiger partial charge in [0.15, 0.2) is 11.5 Å². The molecule has 1 heterocycles. The van der Waals surface area contributed by atoms with Crippen LogP contribution in [-0.2, 0) is 16.1 Å². The Kier molecular flexibility index (Phi) is 6.75. The van der Waals surface area contributed by atoms with Gasteiger partial charge >= 0.3 is 12.0 Å². The summed E-state index contributed by atoms with van der Waals surface area (Å²) >= 11 is 0. The third kappa shape index (κ3) is 4.81. The Balaban J connectivity index is 1.84. The van der Waals surface area contributed by atoms with E-state index in [1.165, 1.54) is 7.11 Å². The number of hydrogen-bond donors (Lipinski definition) is 2. The minimum Gasteiger partial charge on any atom is -0.493 e. The highest BCUT2D eigenvalue weighted by atomic mass is 16.5. The first-order valence-corrected chi connectivity index (χ1v) is 9.42. The molecule has 0 aromatic heterocycles. The van der Waals surface area contributed by atoms with E-state index in [0.717, 1.165) is 5.56 Å². The van der Waals surface area contributed by atoms with E-state index in [-0.39, 0.29) is 12.3 Å². The van der Waals surface area contributed by atoms with Crippen molar-refractivity contribution in [2.45, 2.75) is 12.6 Å². The number of urea groups is 1. The van der Waals surface area contributed by atoms with E-state index < -0.39 is 24.0 Å². The number of esters is 1. The van der Waals surface area contributed by atoms with Crippen LogP contribution in [0.4, 0.5) is 4.79 Å². The third-order valence-corrected chi connectivity index (χ3v) is 4.65. The summed E-state index contributed by atoms with van der Waals surface area (Å²) in [5.41, 5.74) is 1.80.